The molecule has 0 bridgehead atoms. The molecule has 2 aromatic heterocycles. The molecule has 1 aliphatic rings. The zero-order valence-electron chi connectivity index (χ0n) is 15.5. The van der Waals surface area contributed by atoms with E-state index < -0.39 is 11.2 Å². The second kappa shape index (κ2) is 7.20. The Labute approximate surface area is 165 Å². The summed E-state index contributed by atoms with van der Waals surface area (Å²) in [6.07, 6.45) is 3.83. The number of nitrogens with two attached hydrogens (primary N) is 1. The van der Waals surface area contributed by atoms with Crippen LogP contribution >= 0.6 is 11.6 Å². The summed E-state index contributed by atoms with van der Waals surface area (Å²) in [5.41, 5.74) is 7.43. The van der Waals surface area contributed by atoms with Gasteiger partial charge in [0.15, 0.2) is 11.2 Å². The highest BCUT2D eigenvalue weighted by Gasteiger charge is 2.23. The lowest BCUT2D eigenvalue weighted by Gasteiger charge is -2.23. The molecule has 0 saturated heterocycles. The van der Waals surface area contributed by atoms with E-state index in [0.717, 1.165) is 30.6 Å². The fourth-order valence-electron chi connectivity index (χ4n) is 3.52. The Morgan fingerprint density at radius 3 is 2.86 bits per heavy atom. The number of fused-ring (bicyclic) bond motifs is 1. The predicted octanol–water partition coefficient (Wildman–Crippen LogP) is 1.57. The molecule has 0 fully saturated rings. The number of H-pyrrole nitrogens is 1. The molecule has 1 aliphatic heterocycles. The number of allylic oxidation sites excluding steroid dienone is 1. The summed E-state index contributed by atoms with van der Waals surface area (Å²) in [5, 5.41) is 0.604. The molecule has 0 aliphatic carbocycles. The van der Waals surface area contributed by atoms with Gasteiger partial charge in [0.1, 0.15) is 0 Å². The minimum atomic E-state index is -0.498. The normalized spacial score (nSPS) is 14.9. The molecule has 3 N–H and O–H groups in total. The molecular weight excluding hydrogens is 380 g/mol. The topological polar surface area (TPSA) is 102 Å². The smallest absolute Gasteiger partial charge is 0.329 e. The predicted molar refractivity (Wildman–Crippen MR) is 110 cm³/mol. The Hall–Kier alpha value is -3.00. The standard InChI is InChI=1S/C19H21ClN6O2/c1-24-16-15(17(27)23-19(24)28)26(10-12-6-2-3-8-14(12)20)18(22-16)25-9-5-4-7-13(21)11-25/h2-3,6-8H,4-5,9-11,21H2,1H3,(H,23,27,28). The quantitative estimate of drug-likeness (QED) is 0.694. The van der Waals surface area contributed by atoms with Gasteiger partial charge in [0.05, 0.1) is 13.1 Å². The number of aromatic amines is 1. The molecule has 146 valence electrons. The first-order valence-electron chi connectivity index (χ1n) is 9.08. The van der Waals surface area contributed by atoms with Crippen LogP contribution in [0.3, 0.4) is 0 Å². The number of halogens is 1. The second-order valence-electron chi connectivity index (χ2n) is 6.92. The van der Waals surface area contributed by atoms with Crippen molar-refractivity contribution in [1.82, 2.24) is 19.1 Å². The zero-order valence-corrected chi connectivity index (χ0v) is 16.2. The molecule has 1 aromatic carbocycles. The van der Waals surface area contributed by atoms with Gasteiger partial charge in [-0.3, -0.25) is 18.9 Å². The average molecular weight is 401 g/mol. The van der Waals surface area contributed by atoms with Crippen molar-refractivity contribution in [3.8, 4) is 0 Å². The maximum absolute atomic E-state index is 12.7. The van der Waals surface area contributed by atoms with Crippen molar-refractivity contribution in [2.75, 3.05) is 18.0 Å². The maximum Gasteiger partial charge on any atom is 0.329 e. The van der Waals surface area contributed by atoms with E-state index in [4.69, 9.17) is 17.3 Å². The van der Waals surface area contributed by atoms with Gasteiger partial charge in [-0.2, -0.15) is 4.98 Å². The zero-order chi connectivity index (χ0) is 19.8. The van der Waals surface area contributed by atoms with Crippen molar-refractivity contribution in [3.63, 3.8) is 0 Å². The molecule has 0 atom stereocenters. The van der Waals surface area contributed by atoms with Gasteiger partial charge in [0.25, 0.3) is 5.56 Å². The van der Waals surface area contributed by atoms with Crippen molar-refractivity contribution < 1.29 is 0 Å². The first kappa shape index (κ1) is 18.4. The highest BCUT2D eigenvalue weighted by atomic mass is 35.5. The fraction of sp³-hybridized carbons (Fsp3) is 0.316. The second-order valence-corrected chi connectivity index (χ2v) is 7.33. The number of nitrogens with one attached hydrogen (secondary N) is 1. The molecule has 9 heteroatoms. The van der Waals surface area contributed by atoms with Crippen LogP contribution in [-0.2, 0) is 13.6 Å². The van der Waals surface area contributed by atoms with Crippen molar-refractivity contribution in [2.24, 2.45) is 12.8 Å². The molecule has 8 nitrogen and oxygen atoms in total. The molecule has 3 heterocycles. The number of hydrogen-bond acceptors (Lipinski definition) is 5. The summed E-state index contributed by atoms with van der Waals surface area (Å²) in [4.78, 5) is 33.8. The highest BCUT2D eigenvalue weighted by molar-refractivity contribution is 6.31. The van der Waals surface area contributed by atoms with Crippen LogP contribution in [0, 0.1) is 0 Å². The molecular formula is C19H21ClN6O2. The Balaban J connectivity index is 1.95. The number of imidazole rings is 1. The molecule has 0 saturated carbocycles. The Bertz CT molecular complexity index is 1190. The molecule has 0 unspecified atom stereocenters. The molecule has 28 heavy (non-hydrogen) atoms. The van der Waals surface area contributed by atoms with Crippen LogP contribution in [0.15, 0.2) is 45.6 Å². The molecule has 0 amide bonds. The number of aryl methyl sites for hydroxylation is 1. The van der Waals surface area contributed by atoms with Gasteiger partial charge in [-0.1, -0.05) is 35.9 Å². The van der Waals surface area contributed by atoms with Crippen molar-refractivity contribution in [2.45, 2.75) is 19.4 Å². The maximum atomic E-state index is 12.7. The minimum absolute atomic E-state index is 0.336. The van der Waals surface area contributed by atoms with Crippen LogP contribution in [-0.4, -0.2) is 32.2 Å². The van der Waals surface area contributed by atoms with Gasteiger partial charge in [-0.05, 0) is 24.5 Å². The average Bonchev–Trinajstić information content (AvgIpc) is 2.90. The summed E-state index contributed by atoms with van der Waals surface area (Å²) in [7, 11) is 1.59. The number of hydrogen-bond donors (Lipinski definition) is 2. The summed E-state index contributed by atoms with van der Waals surface area (Å²) < 4.78 is 3.16. The van der Waals surface area contributed by atoms with E-state index in [1.165, 1.54) is 4.57 Å². The third-order valence-electron chi connectivity index (χ3n) is 4.97. The summed E-state index contributed by atoms with van der Waals surface area (Å²) >= 11 is 6.36. The number of rotatable bonds is 3. The summed E-state index contributed by atoms with van der Waals surface area (Å²) in [5.74, 6) is 0.597. The van der Waals surface area contributed by atoms with Gasteiger partial charge in [0.2, 0.25) is 5.95 Å². The van der Waals surface area contributed by atoms with Gasteiger partial charge < -0.3 is 10.6 Å². The third kappa shape index (κ3) is 3.20. The first-order chi connectivity index (χ1) is 13.5. The molecule has 4 rings (SSSR count). The molecule has 3 aromatic rings. The van der Waals surface area contributed by atoms with E-state index in [9.17, 15) is 9.59 Å². The van der Waals surface area contributed by atoms with Crippen LogP contribution < -0.4 is 21.9 Å². The van der Waals surface area contributed by atoms with Crippen molar-refractivity contribution in [3.05, 3.63) is 67.5 Å². The van der Waals surface area contributed by atoms with Gasteiger partial charge in [0, 0.05) is 24.3 Å². The SMILES string of the molecule is Cn1c(=O)[nH]c(=O)c2c1nc(N1CCCC=C(N)C1)n2Cc1ccccc1Cl. The fourth-order valence-corrected chi connectivity index (χ4v) is 3.71. The number of aromatic nitrogens is 4. The molecule has 0 spiro atoms. The minimum Gasteiger partial charge on any atom is -0.401 e. The van der Waals surface area contributed by atoms with Crippen LogP contribution in [0.4, 0.5) is 5.95 Å². The van der Waals surface area contributed by atoms with Crippen LogP contribution in [0.2, 0.25) is 5.02 Å². The number of anilines is 1. The van der Waals surface area contributed by atoms with Crippen LogP contribution in [0.1, 0.15) is 18.4 Å². The van der Waals surface area contributed by atoms with Gasteiger partial charge in [-0.25, -0.2) is 4.79 Å². The van der Waals surface area contributed by atoms with E-state index in [-0.39, 0.29) is 0 Å². The Kier molecular flexibility index (Phi) is 4.72. The summed E-state index contributed by atoms with van der Waals surface area (Å²) in [6.45, 7) is 1.61. The van der Waals surface area contributed by atoms with Gasteiger partial charge >= 0.3 is 5.69 Å². The monoisotopic (exact) mass is 400 g/mol. The third-order valence-corrected chi connectivity index (χ3v) is 5.34. The van der Waals surface area contributed by atoms with Gasteiger partial charge in [-0.15, -0.1) is 0 Å². The lowest BCUT2D eigenvalue weighted by atomic mass is 10.2. The Morgan fingerprint density at radius 1 is 1.29 bits per heavy atom. The van der Waals surface area contributed by atoms with Crippen LogP contribution in [0.25, 0.3) is 11.2 Å². The highest BCUT2D eigenvalue weighted by Crippen LogP contribution is 2.25. The largest absolute Gasteiger partial charge is 0.401 e. The van der Waals surface area contributed by atoms with Crippen molar-refractivity contribution in [1.29, 1.82) is 0 Å². The van der Waals surface area contributed by atoms with E-state index in [0.29, 0.717) is 35.2 Å². The van der Waals surface area contributed by atoms with E-state index in [2.05, 4.69) is 9.97 Å². The molecule has 0 radical (unpaired) electrons. The van der Waals surface area contributed by atoms with E-state index in [1.807, 2.05) is 39.8 Å². The Morgan fingerprint density at radius 2 is 2.07 bits per heavy atom. The summed E-state index contributed by atoms with van der Waals surface area (Å²) in [6, 6.07) is 7.47. The van der Waals surface area contributed by atoms with Crippen LogP contribution in [0.5, 0.6) is 0 Å². The van der Waals surface area contributed by atoms with E-state index in [1.54, 1.807) is 7.05 Å². The first-order valence-corrected chi connectivity index (χ1v) is 9.46. The lowest BCUT2D eigenvalue weighted by molar-refractivity contribution is 0.720. The number of benzene rings is 1. The van der Waals surface area contributed by atoms with E-state index >= 15 is 0 Å². The van der Waals surface area contributed by atoms with Crippen molar-refractivity contribution >= 4 is 28.7 Å². The lowest BCUT2D eigenvalue weighted by Crippen LogP contribution is -2.31. The number of nitrogens with zero attached hydrogens (tertiary/aromatic N) is 4.